The molecule has 2 aromatic carbocycles. The fourth-order valence-electron chi connectivity index (χ4n) is 2.66. The molecule has 0 atom stereocenters. The molecule has 0 spiro atoms. The van der Waals surface area contributed by atoms with Gasteiger partial charge in [-0.15, -0.1) is 0 Å². The van der Waals surface area contributed by atoms with Crippen molar-refractivity contribution in [2.45, 2.75) is 17.2 Å². The smallest absolute Gasteiger partial charge is 0.271 e. The SMILES string of the molecule is CC(=O)Nc1ccc(C(=O)NN=Cc2ccc(Sc3nc4ccccc4[nH]3)o2)cc1. The molecule has 0 saturated heterocycles. The van der Waals surface area contributed by atoms with E-state index in [0.29, 0.717) is 22.1 Å². The first-order valence-corrected chi connectivity index (χ1v) is 9.82. The van der Waals surface area contributed by atoms with Crippen LogP contribution in [0, 0.1) is 0 Å². The Bertz CT molecular complexity index is 1190. The number of anilines is 1. The predicted molar refractivity (Wildman–Crippen MR) is 115 cm³/mol. The summed E-state index contributed by atoms with van der Waals surface area (Å²) in [7, 11) is 0. The molecule has 4 aromatic rings. The lowest BCUT2D eigenvalue weighted by atomic mass is 10.2. The Morgan fingerprint density at radius 1 is 1.10 bits per heavy atom. The number of nitrogens with one attached hydrogen (secondary N) is 3. The number of hydrogen-bond donors (Lipinski definition) is 3. The number of fused-ring (bicyclic) bond motifs is 1. The molecule has 0 aliphatic heterocycles. The van der Waals surface area contributed by atoms with E-state index in [-0.39, 0.29) is 11.8 Å². The molecule has 2 aromatic heterocycles. The third-order valence-electron chi connectivity index (χ3n) is 3.99. The lowest BCUT2D eigenvalue weighted by Gasteiger charge is -2.03. The van der Waals surface area contributed by atoms with Gasteiger partial charge in [0.25, 0.3) is 5.91 Å². The van der Waals surface area contributed by atoms with E-state index in [9.17, 15) is 9.59 Å². The number of carbonyl (C=O) groups excluding carboxylic acids is 2. The Kier molecular flexibility index (Phi) is 5.62. The Labute approximate surface area is 175 Å². The molecule has 0 aliphatic rings. The minimum absolute atomic E-state index is 0.173. The van der Waals surface area contributed by atoms with E-state index < -0.39 is 0 Å². The summed E-state index contributed by atoms with van der Waals surface area (Å²) in [5.74, 6) is -0.0490. The van der Waals surface area contributed by atoms with Crippen molar-refractivity contribution in [1.82, 2.24) is 15.4 Å². The normalized spacial score (nSPS) is 11.1. The molecule has 4 rings (SSSR count). The summed E-state index contributed by atoms with van der Waals surface area (Å²) in [5.41, 5.74) is 5.33. The van der Waals surface area contributed by atoms with Crippen LogP contribution in [0.4, 0.5) is 5.69 Å². The maximum absolute atomic E-state index is 12.1. The molecule has 0 saturated carbocycles. The number of para-hydroxylation sites is 2. The van der Waals surface area contributed by atoms with Gasteiger partial charge in [-0.1, -0.05) is 12.1 Å². The molecule has 0 unspecified atom stereocenters. The molecule has 0 fully saturated rings. The van der Waals surface area contributed by atoms with E-state index in [1.165, 1.54) is 24.9 Å². The van der Waals surface area contributed by atoms with Crippen molar-refractivity contribution in [2.24, 2.45) is 5.10 Å². The Balaban J connectivity index is 1.34. The van der Waals surface area contributed by atoms with Crippen LogP contribution in [0.25, 0.3) is 11.0 Å². The number of H-pyrrole nitrogens is 1. The molecule has 9 heteroatoms. The number of carbonyl (C=O) groups is 2. The number of furan rings is 1. The zero-order chi connectivity index (χ0) is 20.9. The Morgan fingerprint density at radius 2 is 1.90 bits per heavy atom. The maximum Gasteiger partial charge on any atom is 0.271 e. The summed E-state index contributed by atoms with van der Waals surface area (Å²) < 4.78 is 5.69. The lowest BCUT2D eigenvalue weighted by Crippen LogP contribution is -2.17. The highest BCUT2D eigenvalue weighted by Crippen LogP contribution is 2.28. The van der Waals surface area contributed by atoms with E-state index in [1.54, 1.807) is 30.3 Å². The molecule has 0 aliphatic carbocycles. The van der Waals surface area contributed by atoms with Gasteiger partial charge in [-0.2, -0.15) is 5.10 Å². The van der Waals surface area contributed by atoms with Crippen molar-refractivity contribution in [3.05, 3.63) is 72.0 Å². The first-order chi connectivity index (χ1) is 14.6. The topological polar surface area (TPSA) is 112 Å². The molecule has 30 heavy (non-hydrogen) atoms. The number of aromatic nitrogens is 2. The van der Waals surface area contributed by atoms with Gasteiger partial charge in [-0.05, 0) is 60.3 Å². The predicted octanol–water partition coefficient (Wildman–Crippen LogP) is 4.03. The third kappa shape index (κ3) is 4.76. The van der Waals surface area contributed by atoms with E-state index in [4.69, 9.17) is 4.42 Å². The number of hydrogen-bond acceptors (Lipinski definition) is 6. The van der Waals surface area contributed by atoms with Crippen LogP contribution in [0.5, 0.6) is 0 Å². The van der Waals surface area contributed by atoms with Crippen molar-refractivity contribution in [1.29, 1.82) is 0 Å². The van der Waals surface area contributed by atoms with Gasteiger partial charge in [0.1, 0.15) is 5.76 Å². The van der Waals surface area contributed by atoms with Crippen LogP contribution in [-0.2, 0) is 4.79 Å². The van der Waals surface area contributed by atoms with E-state index in [0.717, 1.165) is 16.2 Å². The highest BCUT2D eigenvalue weighted by atomic mass is 32.2. The number of rotatable bonds is 6. The van der Waals surface area contributed by atoms with Crippen molar-refractivity contribution >= 4 is 46.5 Å². The van der Waals surface area contributed by atoms with Gasteiger partial charge in [0, 0.05) is 18.2 Å². The van der Waals surface area contributed by atoms with E-state index in [1.807, 2.05) is 30.3 Å². The molecular formula is C21H17N5O3S. The second kappa shape index (κ2) is 8.66. The second-order valence-electron chi connectivity index (χ2n) is 6.28. The monoisotopic (exact) mass is 419 g/mol. The van der Waals surface area contributed by atoms with Gasteiger partial charge in [0.05, 0.1) is 17.2 Å². The fourth-order valence-corrected chi connectivity index (χ4v) is 3.43. The van der Waals surface area contributed by atoms with Gasteiger partial charge in [-0.25, -0.2) is 10.4 Å². The second-order valence-corrected chi connectivity index (χ2v) is 7.27. The van der Waals surface area contributed by atoms with Crippen LogP contribution in [0.1, 0.15) is 23.0 Å². The van der Waals surface area contributed by atoms with Crippen LogP contribution in [0.3, 0.4) is 0 Å². The van der Waals surface area contributed by atoms with Crippen molar-refractivity contribution < 1.29 is 14.0 Å². The van der Waals surface area contributed by atoms with Crippen LogP contribution in [0.2, 0.25) is 0 Å². The van der Waals surface area contributed by atoms with Gasteiger partial charge < -0.3 is 14.7 Å². The quantitative estimate of drug-likeness (QED) is 0.323. The number of amides is 2. The average molecular weight is 419 g/mol. The Hall–Kier alpha value is -3.85. The van der Waals surface area contributed by atoms with Crippen molar-refractivity contribution in [3.63, 3.8) is 0 Å². The van der Waals surface area contributed by atoms with Gasteiger partial charge in [-0.3, -0.25) is 9.59 Å². The number of imidazole rings is 1. The highest BCUT2D eigenvalue weighted by molar-refractivity contribution is 7.99. The summed E-state index contributed by atoms with van der Waals surface area (Å²) >= 11 is 1.36. The van der Waals surface area contributed by atoms with Gasteiger partial charge in [0.2, 0.25) is 5.91 Å². The third-order valence-corrected chi connectivity index (χ3v) is 4.80. The van der Waals surface area contributed by atoms with Gasteiger partial charge in [0.15, 0.2) is 10.2 Å². The molecule has 2 amide bonds. The number of hydrazone groups is 1. The molecule has 150 valence electrons. The number of benzene rings is 2. The summed E-state index contributed by atoms with van der Waals surface area (Å²) in [6.07, 6.45) is 1.42. The van der Waals surface area contributed by atoms with E-state index >= 15 is 0 Å². The van der Waals surface area contributed by atoms with Crippen LogP contribution >= 0.6 is 11.8 Å². The molecule has 2 heterocycles. The van der Waals surface area contributed by atoms with E-state index in [2.05, 4.69) is 25.8 Å². The molecule has 8 nitrogen and oxygen atoms in total. The summed E-state index contributed by atoms with van der Waals surface area (Å²) in [5, 5.41) is 7.94. The zero-order valence-electron chi connectivity index (χ0n) is 15.9. The Morgan fingerprint density at radius 3 is 2.67 bits per heavy atom. The standard InChI is InChI=1S/C21H17N5O3S/c1-13(27)23-15-8-6-14(7-9-15)20(28)26-22-12-16-10-11-19(29-16)30-21-24-17-4-2-3-5-18(17)25-21/h2-12H,1H3,(H,23,27)(H,24,25)(H,26,28). The molecule has 0 bridgehead atoms. The average Bonchev–Trinajstić information content (AvgIpc) is 3.34. The largest absolute Gasteiger partial charge is 0.448 e. The van der Waals surface area contributed by atoms with Crippen LogP contribution < -0.4 is 10.7 Å². The van der Waals surface area contributed by atoms with Crippen LogP contribution in [0.15, 0.2) is 80.4 Å². The van der Waals surface area contributed by atoms with Crippen molar-refractivity contribution in [2.75, 3.05) is 5.32 Å². The first kappa shape index (κ1) is 19.5. The first-order valence-electron chi connectivity index (χ1n) is 9.00. The summed E-state index contributed by atoms with van der Waals surface area (Å²) in [6, 6.07) is 17.8. The number of nitrogens with zero attached hydrogens (tertiary/aromatic N) is 2. The minimum Gasteiger partial charge on any atom is -0.448 e. The molecule has 3 N–H and O–H groups in total. The zero-order valence-corrected chi connectivity index (χ0v) is 16.7. The lowest BCUT2D eigenvalue weighted by molar-refractivity contribution is -0.114. The summed E-state index contributed by atoms with van der Waals surface area (Å²) in [6.45, 7) is 1.42. The molecular weight excluding hydrogens is 402 g/mol. The number of aromatic amines is 1. The van der Waals surface area contributed by atoms with Gasteiger partial charge >= 0.3 is 0 Å². The maximum atomic E-state index is 12.1. The summed E-state index contributed by atoms with van der Waals surface area (Å²) in [4.78, 5) is 30.9. The minimum atomic E-state index is -0.371. The van der Waals surface area contributed by atoms with Crippen molar-refractivity contribution in [3.8, 4) is 0 Å². The highest BCUT2D eigenvalue weighted by Gasteiger charge is 2.08. The molecule has 0 radical (unpaired) electrons. The fraction of sp³-hybridized carbons (Fsp3) is 0.0476. The van der Waals surface area contributed by atoms with Crippen LogP contribution in [-0.4, -0.2) is 28.0 Å².